The van der Waals surface area contributed by atoms with Gasteiger partial charge in [0.15, 0.2) is 0 Å². The minimum atomic E-state index is 0.324. The van der Waals surface area contributed by atoms with Crippen LogP contribution in [0.25, 0.3) is 0 Å². The maximum absolute atomic E-state index is 13.4. The van der Waals surface area contributed by atoms with E-state index in [2.05, 4.69) is 62.6 Å². The number of benzene rings is 1. The molecule has 216 valence electrons. The van der Waals surface area contributed by atoms with Gasteiger partial charge < -0.3 is 9.64 Å². The summed E-state index contributed by atoms with van der Waals surface area (Å²) in [6, 6.07) is 7.20. The van der Waals surface area contributed by atoms with Crippen molar-refractivity contribution in [2.75, 3.05) is 32.8 Å². The van der Waals surface area contributed by atoms with E-state index in [1.54, 1.807) is 0 Å². The van der Waals surface area contributed by atoms with E-state index in [0.29, 0.717) is 36.9 Å². The van der Waals surface area contributed by atoms with Gasteiger partial charge in [-0.2, -0.15) is 0 Å². The van der Waals surface area contributed by atoms with Crippen LogP contribution in [0.5, 0.6) is 5.75 Å². The maximum atomic E-state index is 13.4. The molecule has 1 aliphatic rings. The summed E-state index contributed by atoms with van der Waals surface area (Å²) in [4.78, 5) is 18.0. The lowest BCUT2D eigenvalue weighted by atomic mass is 9.91. The fourth-order valence-electron chi connectivity index (χ4n) is 5.25. The van der Waals surface area contributed by atoms with E-state index in [0.717, 1.165) is 57.5 Å². The van der Waals surface area contributed by atoms with Gasteiger partial charge in [0.05, 0.1) is 13.2 Å². The largest absolute Gasteiger partial charge is 0.494 e. The van der Waals surface area contributed by atoms with Gasteiger partial charge >= 0.3 is 0 Å². The van der Waals surface area contributed by atoms with E-state index in [1.165, 1.54) is 30.4 Å². The van der Waals surface area contributed by atoms with Crippen LogP contribution < -0.4 is 4.74 Å². The fourth-order valence-corrected chi connectivity index (χ4v) is 5.25. The normalized spacial score (nSPS) is 17.8. The molecule has 1 heterocycles. The van der Waals surface area contributed by atoms with Crippen molar-refractivity contribution in [3.63, 3.8) is 0 Å². The number of carbonyl (C=O) groups is 1. The molecule has 3 unspecified atom stereocenters. The molecule has 0 saturated carbocycles. The first-order valence-corrected chi connectivity index (χ1v) is 15.7. The van der Waals surface area contributed by atoms with E-state index in [1.807, 2.05) is 34.6 Å². The Morgan fingerprint density at radius 1 is 1.03 bits per heavy atom. The van der Waals surface area contributed by atoms with Gasteiger partial charge in [-0.3, -0.25) is 9.69 Å². The third-order valence-electron chi connectivity index (χ3n) is 7.22. The van der Waals surface area contributed by atoms with Crippen LogP contribution in [-0.2, 0) is 4.79 Å². The Morgan fingerprint density at radius 3 is 2.19 bits per heavy atom. The highest BCUT2D eigenvalue weighted by molar-refractivity contribution is 5.78. The zero-order valence-corrected chi connectivity index (χ0v) is 26.4. The van der Waals surface area contributed by atoms with Gasteiger partial charge in [0.2, 0.25) is 5.91 Å². The first kappa shape index (κ1) is 35.5. The maximum Gasteiger partial charge on any atom is 0.236 e. The number of amides is 1. The number of nitrogens with zero attached hydrogens (tertiary/aromatic N) is 2. The molecule has 1 aromatic carbocycles. The molecule has 1 aliphatic heterocycles. The summed E-state index contributed by atoms with van der Waals surface area (Å²) < 4.78 is 5.88. The molecular weight excluding hydrogens is 456 g/mol. The van der Waals surface area contributed by atoms with E-state index < -0.39 is 0 Å². The van der Waals surface area contributed by atoms with Crippen molar-refractivity contribution in [1.82, 2.24) is 9.80 Å². The number of unbranched alkanes of at least 4 members (excludes halogenated alkanes) is 2. The highest BCUT2D eigenvalue weighted by Crippen LogP contribution is 2.37. The monoisotopic (exact) mass is 518 g/mol. The van der Waals surface area contributed by atoms with Gasteiger partial charge in [0, 0.05) is 25.7 Å². The zero-order chi connectivity index (χ0) is 28.2. The van der Waals surface area contributed by atoms with Crippen LogP contribution in [0, 0.1) is 12.8 Å². The van der Waals surface area contributed by atoms with E-state index in [-0.39, 0.29) is 0 Å². The lowest BCUT2D eigenvalue weighted by Gasteiger charge is -2.30. The van der Waals surface area contributed by atoms with Gasteiger partial charge in [0.25, 0.3) is 0 Å². The highest BCUT2D eigenvalue weighted by Gasteiger charge is 2.35. The molecule has 0 aliphatic carbocycles. The summed E-state index contributed by atoms with van der Waals surface area (Å²) in [5.74, 6) is 2.50. The number of ether oxygens (including phenoxy) is 1. The van der Waals surface area contributed by atoms with Crippen LogP contribution in [0.1, 0.15) is 131 Å². The molecule has 1 amide bonds. The standard InChI is InChI=1S/C29H50N2O2.2C2H6/c1-7-11-16-30(17-12-8-2)29(32)22-31-21-26(19-27(31)18-23(5)13-9-3)25-15-14-24(6)28(20-25)33-10-4;2*1-2/h14-15,20,23,26-27H,7-13,16-19,21-22H2,1-6H3;2*1-2H3. The van der Waals surface area contributed by atoms with Gasteiger partial charge in [-0.1, -0.05) is 93.2 Å². The third kappa shape index (κ3) is 12.7. The van der Waals surface area contributed by atoms with Gasteiger partial charge in [-0.15, -0.1) is 0 Å². The van der Waals surface area contributed by atoms with Gasteiger partial charge in [0.1, 0.15) is 5.75 Å². The Labute approximate surface area is 231 Å². The first-order valence-electron chi connectivity index (χ1n) is 15.7. The topological polar surface area (TPSA) is 32.8 Å². The second-order valence-electron chi connectivity index (χ2n) is 10.2. The molecule has 1 aromatic rings. The molecule has 0 spiro atoms. The number of hydrogen-bond donors (Lipinski definition) is 0. The van der Waals surface area contributed by atoms with E-state index in [9.17, 15) is 4.79 Å². The lowest BCUT2D eigenvalue weighted by molar-refractivity contribution is -0.132. The number of hydrogen-bond acceptors (Lipinski definition) is 3. The molecular formula is C33H62N2O2. The number of carbonyl (C=O) groups excluding carboxylic acids is 1. The Morgan fingerprint density at radius 2 is 1.65 bits per heavy atom. The van der Waals surface area contributed by atoms with Gasteiger partial charge in [-0.05, 0) is 68.6 Å². The smallest absolute Gasteiger partial charge is 0.236 e. The van der Waals surface area contributed by atoms with Crippen LogP contribution in [0.3, 0.4) is 0 Å². The minimum Gasteiger partial charge on any atom is -0.494 e. The Balaban J connectivity index is 0.00000308. The Kier molecular flexibility index (Phi) is 20.5. The average molecular weight is 519 g/mol. The highest BCUT2D eigenvalue weighted by atomic mass is 16.5. The van der Waals surface area contributed by atoms with Gasteiger partial charge in [-0.25, -0.2) is 0 Å². The average Bonchev–Trinajstić information content (AvgIpc) is 3.29. The molecule has 3 atom stereocenters. The summed E-state index contributed by atoms with van der Waals surface area (Å²) in [5, 5.41) is 0. The zero-order valence-electron chi connectivity index (χ0n) is 26.4. The molecule has 4 nitrogen and oxygen atoms in total. The summed E-state index contributed by atoms with van der Waals surface area (Å²) >= 11 is 0. The molecule has 2 rings (SSSR count). The minimum absolute atomic E-state index is 0.324. The summed E-state index contributed by atoms with van der Waals surface area (Å²) in [7, 11) is 0. The van der Waals surface area contributed by atoms with Crippen LogP contribution in [0.15, 0.2) is 18.2 Å². The Hall–Kier alpha value is -1.55. The number of likely N-dealkylation sites (tertiary alicyclic amines) is 1. The second-order valence-corrected chi connectivity index (χ2v) is 10.2. The Bertz CT molecular complexity index is 698. The van der Waals surface area contributed by atoms with E-state index >= 15 is 0 Å². The summed E-state index contributed by atoms with van der Waals surface area (Å²) in [6.07, 6.45) is 9.28. The lowest BCUT2D eigenvalue weighted by Crippen LogP contribution is -2.43. The van der Waals surface area contributed by atoms with Crippen molar-refractivity contribution >= 4 is 5.91 Å². The van der Waals surface area contributed by atoms with Crippen molar-refractivity contribution in [1.29, 1.82) is 0 Å². The molecule has 1 saturated heterocycles. The molecule has 4 heteroatoms. The van der Waals surface area contributed by atoms with Crippen molar-refractivity contribution in [3.8, 4) is 5.75 Å². The molecule has 37 heavy (non-hydrogen) atoms. The number of aryl methyl sites for hydroxylation is 1. The van der Waals surface area contributed by atoms with Crippen molar-refractivity contribution in [2.45, 2.75) is 133 Å². The SMILES string of the molecule is CC.CC.CCCCN(CCCC)C(=O)CN1CC(c2ccc(C)c(OCC)c2)CC1CC(C)CCC. The number of rotatable bonds is 15. The summed E-state index contributed by atoms with van der Waals surface area (Å²) in [6.45, 7) is 25.3. The molecule has 0 aromatic heterocycles. The first-order chi connectivity index (χ1) is 17.9. The van der Waals surface area contributed by atoms with Crippen molar-refractivity contribution in [3.05, 3.63) is 29.3 Å². The second kappa shape index (κ2) is 21.4. The van der Waals surface area contributed by atoms with Crippen LogP contribution in [0.4, 0.5) is 0 Å². The van der Waals surface area contributed by atoms with E-state index in [4.69, 9.17) is 4.74 Å². The quantitative estimate of drug-likeness (QED) is 0.232. The van der Waals surface area contributed by atoms with Crippen LogP contribution in [-0.4, -0.2) is 54.5 Å². The predicted octanol–water partition coefficient (Wildman–Crippen LogP) is 8.86. The van der Waals surface area contributed by atoms with Crippen LogP contribution in [0.2, 0.25) is 0 Å². The van der Waals surface area contributed by atoms with Crippen LogP contribution >= 0.6 is 0 Å². The van der Waals surface area contributed by atoms with Crippen molar-refractivity contribution < 1.29 is 9.53 Å². The molecule has 0 N–H and O–H groups in total. The third-order valence-corrected chi connectivity index (χ3v) is 7.22. The fraction of sp³-hybridized carbons (Fsp3) is 0.788. The van der Waals surface area contributed by atoms with Crippen molar-refractivity contribution in [2.24, 2.45) is 5.92 Å². The predicted molar refractivity (Wildman–Crippen MR) is 163 cm³/mol. The summed E-state index contributed by atoms with van der Waals surface area (Å²) in [5.41, 5.74) is 2.56. The molecule has 0 bridgehead atoms. The molecule has 0 radical (unpaired) electrons. The molecule has 1 fully saturated rings.